The molecule has 108 valence electrons. The van der Waals surface area contributed by atoms with E-state index in [1.54, 1.807) is 11.3 Å². The van der Waals surface area contributed by atoms with Crippen molar-refractivity contribution < 1.29 is 0 Å². The van der Waals surface area contributed by atoms with Crippen LogP contribution in [-0.4, -0.2) is 14.3 Å². The molecule has 4 nitrogen and oxygen atoms in total. The molecule has 2 aromatic heterocycles. The molecule has 20 heavy (non-hydrogen) atoms. The highest BCUT2D eigenvalue weighted by Crippen LogP contribution is 2.44. The lowest BCUT2D eigenvalue weighted by atomic mass is 10.1. The second-order valence-corrected chi connectivity index (χ2v) is 7.90. The molecule has 3 rings (SSSR count). The Kier molecular flexibility index (Phi) is 4.03. The monoisotopic (exact) mass is 308 g/mol. The second kappa shape index (κ2) is 5.77. The summed E-state index contributed by atoms with van der Waals surface area (Å²) in [4.78, 5) is 10.4. The summed E-state index contributed by atoms with van der Waals surface area (Å²) in [5.41, 5.74) is 0. The van der Waals surface area contributed by atoms with Crippen LogP contribution in [0.25, 0.3) is 0 Å². The van der Waals surface area contributed by atoms with Gasteiger partial charge in [0.2, 0.25) is 5.13 Å². The van der Waals surface area contributed by atoms with E-state index in [0.29, 0.717) is 17.9 Å². The van der Waals surface area contributed by atoms with Gasteiger partial charge in [-0.2, -0.15) is 4.37 Å². The summed E-state index contributed by atoms with van der Waals surface area (Å²) in [5, 5.41) is 5.68. The molecule has 0 bridgehead atoms. The van der Waals surface area contributed by atoms with Gasteiger partial charge in [0.05, 0.1) is 6.04 Å². The number of nitrogens with zero attached hydrogens (tertiary/aromatic N) is 3. The zero-order valence-corrected chi connectivity index (χ0v) is 13.7. The summed E-state index contributed by atoms with van der Waals surface area (Å²) in [6.45, 7) is 6.50. The first-order chi connectivity index (χ1) is 9.61. The number of anilines is 1. The first-order valence-electron chi connectivity index (χ1n) is 7.13. The van der Waals surface area contributed by atoms with Gasteiger partial charge in [-0.3, -0.25) is 0 Å². The Bertz CT molecular complexity index is 571. The first-order valence-corrected chi connectivity index (χ1v) is 8.72. The number of hydrogen-bond acceptors (Lipinski definition) is 6. The normalized spacial score (nSPS) is 16.6. The standard InChI is InChI=1S/C14H20N4S2/c1-8(2)6-11-16-14(20-18-11)17-12(10-4-5-10)13-15-7-9(3)19-13/h7-8,10,12H,4-6H2,1-3H3,(H,16,17,18). The Morgan fingerprint density at radius 2 is 2.20 bits per heavy atom. The molecule has 1 N–H and O–H groups in total. The van der Waals surface area contributed by atoms with Gasteiger partial charge in [0.15, 0.2) is 0 Å². The van der Waals surface area contributed by atoms with Crippen LogP contribution in [0.2, 0.25) is 0 Å². The summed E-state index contributed by atoms with van der Waals surface area (Å²) >= 11 is 3.25. The van der Waals surface area contributed by atoms with Gasteiger partial charge in [0.1, 0.15) is 10.8 Å². The fourth-order valence-corrected chi connectivity index (χ4v) is 3.77. The molecule has 1 aliphatic rings. The van der Waals surface area contributed by atoms with Crippen molar-refractivity contribution in [2.24, 2.45) is 11.8 Å². The maximum atomic E-state index is 4.61. The quantitative estimate of drug-likeness (QED) is 0.874. The molecule has 1 saturated carbocycles. The number of hydrogen-bond donors (Lipinski definition) is 1. The van der Waals surface area contributed by atoms with Gasteiger partial charge < -0.3 is 5.32 Å². The van der Waals surface area contributed by atoms with Gasteiger partial charge in [-0.25, -0.2) is 9.97 Å². The Hall–Kier alpha value is -1.01. The molecular formula is C14H20N4S2. The van der Waals surface area contributed by atoms with Gasteiger partial charge in [-0.1, -0.05) is 13.8 Å². The molecule has 0 aliphatic heterocycles. The van der Waals surface area contributed by atoms with Crippen molar-refractivity contribution in [2.45, 2.75) is 46.1 Å². The summed E-state index contributed by atoms with van der Waals surface area (Å²) in [6, 6.07) is 0.313. The Balaban J connectivity index is 1.72. The van der Waals surface area contributed by atoms with Gasteiger partial charge in [0, 0.05) is 29.0 Å². The lowest BCUT2D eigenvalue weighted by molar-refractivity contribution is 0.626. The Labute approximate surface area is 127 Å². The first kappa shape index (κ1) is 13.9. The molecule has 0 spiro atoms. The SMILES string of the molecule is Cc1cnc(C(Nc2nc(CC(C)C)ns2)C2CC2)s1. The predicted molar refractivity (Wildman–Crippen MR) is 84.4 cm³/mol. The fraction of sp³-hybridized carbons (Fsp3) is 0.643. The average molecular weight is 308 g/mol. The molecular weight excluding hydrogens is 288 g/mol. The highest BCUT2D eigenvalue weighted by atomic mass is 32.1. The number of nitrogens with one attached hydrogen (secondary N) is 1. The van der Waals surface area contributed by atoms with Crippen LogP contribution in [-0.2, 0) is 6.42 Å². The third kappa shape index (κ3) is 3.35. The van der Waals surface area contributed by atoms with Gasteiger partial charge in [0.25, 0.3) is 0 Å². The van der Waals surface area contributed by atoms with E-state index in [1.165, 1.54) is 34.3 Å². The van der Waals surface area contributed by atoms with Crippen molar-refractivity contribution in [3.63, 3.8) is 0 Å². The van der Waals surface area contributed by atoms with Crippen LogP contribution in [0.1, 0.15) is 48.4 Å². The minimum Gasteiger partial charge on any atom is -0.351 e. The van der Waals surface area contributed by atoms with E-state index in [4.69, 9.17) is 0 Å². The van der Waals surface area contributed by atoms with Gasteiger partial charge in [-0.15, -0.1) is 11.3 Å². The number of rotatable bonds is 6. The molecule has 2 heterocycles. The van der Waals surface area contributed by atoms with Crippen molar-refractivity contribution >= 4 is 28.0 Å². The topological polar surface area (TPSA) is 50.7 Å². The molecule has 1 atom stereocenters. The lowest BCUT2D eigenvalue weighted by Gasteiger charge is -2.14. The third-order valence-electron chi connectivity index (χ3n) is 3.34. The van der Waals surface area contributed by atoms with E-state index in [0.717, 1.165) is 17.4 Å². The van der Waals surface area contributed by atoms with Crippen LogP contribution in [0.4, 0.5) is 5.13 Å². The van der Waals surface area contributed by atoms with E-state index >= 15 is 0 Å². The molecule has 0 amide bonds. The maximum absolute atomic E-state index is 4.61. The van der Waals surface area contributed by atoms with Crippen LogP contribution in [0, 0.1) is 18.8 Å². The third-order valence-corrected chi connectivity index (χ3v) is 5.02. The summed E-state index contributed by atoms with van der Waals surface area (Å²) in [6.07, 6.45) is 5.48. The molecule has 1 unspecified atom stereocenters. The highest BCUT2D eigenvalue weighted by Gasteiger charge is 2.34. The number of aromatic nitrogens is 3. The second-order valence-electron chi connectivity index (χ2n) is 5.88. The highest BCUT2D eigenvalue weighted by molar-refractivity contribution is 7.11. The molecule has 1 fully saturated rings. The smallest absolute Gasteiger partial charge is 0.203 e. The predicted octanol–water partition coefficient (Wildman–Crippen LogP) is 4.06. The van der Waals surface area contributed by atoms with Crippen LogP contribution in [0.15, 0.2) is 6.20 Å². The van der Waals surface area contributed by atoms with Crippen LogP contribution >= 0.6 is 22.9 Å². The largest absolute Gasteiger partial charge is 0.351 e. The summed E-state index contributed by atoms with van der Waals surface area (Å²) in [5.74, 6) is 2.26. The molecule has 0 aromatic carbocycles. The zero-order chi connectivity index (χ0) is 14.1. The summed E-state index contributed by atoms with van der Waals surface area (Å²) < 4.78 is 4.44. The summed E-state index contributed by atoms with van der Waals surface area (Å²) in [7, 11) is 0. The number of thiazole rings is 1. The van der Waals surface area contributed by atoms with Crippen LogP contribution in [0.5, 0.6) is 0 Å². The van der Waals surface area contributed by atoms with E-state index in [2.05, 4.69) is 40.4 Å². The maximum Gasteiger partial charge on any atom is 0.203 e. The average Bonchev–Trinajstić information content (AvgIpc) is 2.99. The van der Waals surface area contributed by atoms with E-state index in [-0.39, 0.29) is 0 Å². The lowest BCUT2D eigenvalue weighted by Crippen LogP contribution is -2.12. The van der Waals surface area contributed by atoms with Crippen molar-refractivity contribution in [3.8, 4) is 0 Å². The minimum absolute atomic E-state index is 0.313. The zero-order valence-electron chi connectivity index (χ0n) is 12.1. The van der Waals surface area contributed by atoms with Crippen LogP contribution in [0.3, 0.4) is 0 Å². The Morgan fingerprint density at radius 1 is 1.40 bits per heavy atom. The molecule has 0 radical (unpaired) electrons. The van der Waals surface area contributed by atoms with E-state index < -0.39 is 0 Å². The van der Waals surface area contributed by atoms with E-state index in [1.807, 2.05) is 6.20 Å². The van der Waals surface area contributed by atoms with Crippen molar-refractivity contribution in [1.29, 1.82) is 0 Å². The fourth-order valence-electron chi connectivity index (χ4n) is 2.22. The van der Waals surface area contributed by atoms with Gasteiger partial charge in [-0.05, 0) is 31.6 Å². The molecule has 0 saturated heterocycles. The minimum atomic E-state index is 0.313. The Morgan fingerprint density at radius 3 is 2.80 bits per heavy atom. The van der Waals surface area contributed by atoms with Crippen molar-refractivity contribution in [3.05, 3.63) is 21.9 Å². The molecule has 6 heteroatoms. The van der Waals surface area contributed by atoms with Crippen molar-refractivity contribution in [1.82, 2.24) is 14.3 Å². The van der Waals surface area contributed by atoms with Crippen LogP contribution < -0.4 is 5.32 Å². The van der Waals surface area contributed by atoms with E-state index in [9.17, 15) is 0 Å². The van der Waals surface area contributed by atoms with Gasteiger partial charge >= 0.3 is 0 Å². The molecule has 1 aliphatic carbocycles. The molecule has 2 aromatic rings. The van der Waals surface area contributed by atoms with Crippen molar-refractivity contribution in [2.75, 3.05) is 5.32 Å². The number of aryl methyl sites for hydroxylation is 1.